The highest BCUT2D eigenvalue weighted by atomic mass is 35.5. The molecule has 29 heavy (non-hydrogen) atoms. The largest absolute Gasteiger partial charge is 0.457 e. The van der Waals surface area contributed by atoms with Crippen molar-refractivity contribution in [3.05, 3.63) is 58.4 Å². The Kier molecular flexibility index (Phi) is 5.48. The van der Waals surface area contributed by atoms with Gasteiger partial charge in [0, 0.05) is 12.0 Å². The lowest BCUT2D eigenvalue weighted by molar-refractivity contribution is -0.185. The maximum absolute atomic E-state index is 13.7. The van der Waals surface area contributed by atoms with Gasteiger partial charge in [0.1, 0.15) is 17.3 Å². The van der Waals surface area contributed by atoms with Crippen molar-refractivity contribution in [2.45, 2.75) is 47.0 Å². The summed E-state index contributed by atoms with van der Waals surface area (Å²) in [5.74, 6) is -1.09. The van der Waals surface area contributed by atoms with Crippen molar-refractivity contribution < 1.29 is 23.5 Å². The van der Waals surface area contributed by atoms with Crippen LogP contribution in [-0.4, -0.2) is 11.9 Å². The molecule has 0 amide bonds. The average molecular weight is 419 g/mol. The van der Waals surface area contributed by atoms with Crippen molar-refractivity contribution in [1.82, 2.24) is 0 Å². The van der Waals surface area contributed by atoms with E-state index in [-0.39, 0.29) is 10.9 Å². The van der Waals surface area contributed by atoms with Crippen LogP contribution in [0.15, 0.2) is 36.4 Å². The summed E-state index contributed by atoms with van der Waals surface area (Å²) in [6.45, 7) is 9.19. The van der Waals surface area contributed by atoms with E-state index < -0.39 is 28.6 Å². The fourth-order valence-electron chi connectivity index (χ4n) is 4.17. The zero-order chi connectivity index (χ0) is 21.6. The molecule has 1 aliphatic rings. The fourth-order valence-corrected chi connectivity index (χ4v) is 4.29. The molecular formula is C23H24ClFO4. The van der Waals surface area contributed by atoms with Crippen LogP contribution in [0.4, 0.5) is 4.39 Å². The van der Waals surface area contributed by atoms with Crippen LogP contribution in [0.2, 0.25) is 5.02 Å². The first-order chi connectivity index (χ1) is 13.5. The summed E-state index contributed by atoms with van der Waals surface area (Å²) in [5, 5.41) is 0.0280. The van der Waals surface area contributed by atoms with E-state index >= 15 is 0 Å². The van der Waals surface area contributed by atoms with Gasteiger partial charge in [0.2, 0.25) is 0 Å². The maximum atomic E-state index is 13.7. The number of rotatable bonds is 4. The van der Waals surface area contributed by atoms with Gasteiger partial charge in [0.15, 0.2) is 0 Å². The number of carbonyl (C=O) groups is 2. The number of benzene rings is 2. The smallest absolute Gasteiger partial charge is 0.319 e. The molecule has 0 bridgehead atoms. The topological polar surface area (TPSA) is 52.6 Å². The maximum Gasteiger partial charge on any atom is 0.319 e. The lowest BCUT2D eigenvalue weighted by atomic mass is 9.59. The van der Waals surface area contributed by atoms with Crippen molar-refractivity contribution >= 4 is 23.5 Å². The first-order valence-electron chi connectivity index (χ1n) is 9.51. The van der Waals surface area contributed by atoms with E-state index in [2.05, 4.69) is 0 Å². The first kappa shape index (κ1) is 21.3. The third-order valence-electron chi connectivity index (χ3n) is 5.61. The van der Waals surface area contributed by atoms with Crippen molar-refractivity contribution in [2.24, 2.45) is 10.8 Å². The first-order valence-corrected chi connectivity index (χ1v) is 9.88. The van der Waals surface area contributed by atoms with Crippen LogP contribution >= 0.6 is 11.6 Å². The minimum Gasteiger partial charge on any atom is -0.457 e. The summed E-state index contributed by atoms with van der Waals surface area (Å²) in [7, 11) is 0. The quantitative estimate of drug-likeness (QED) is 0.447. The lowest BCUT2D eigenvalue weighted by Gasteiger charge is -2.46. The third-order valence-corrected chi connectivity index (χ3v) is 5.92. The number of aryl methyl sites for hydroxylation is 1. The molecule has 2 aromatic carbocycles. The molecule has 0 aromatic heterocycles. The van der Waals surface area contributed by atoms with E-state index in [9.17, 15) is 14.0 Å². The number of carbonyl (C=O) groups excluding carboxylic acids is 2. The monoisotopic (exact) mass is 418 g/mol. The summed E-state index contributed by atoms with van der Waals surface area (Å²) in [5.41, 5.74) is 0.110. The second-order valence-electron chi connectivity index (χ2n) is 8.45. The third kappa shape index (κ3) is 3.76. The number of ether oxygens (including phenoxy) is 2. The molecule has 0 radical (unpaired) electrons. The Labute approximate surface area is 175 Å². The standard InChI is InChI=1S/C23H24ClFO4/c1-6-13-11-14(28-15-8-10-17(24)18(25)12-15)7-9-16(13)19-22(2,3)20(26)29-21(27)23(19,4)5/h7-12,19H,6H2,1-5H3. The van der Waals surface area contributed by atoms with Gasteiger partial charge in [-0.05, 0) is 69.5 Å². The van der Waals surface area contributed by atoms with Gasteiger partial charge in [-0.1, -0.05) is 24.6 Å². The Morgan fingerprint density at radius 2 is 1.55 bits per heavy atom. The predicted octanol–water partition coefficient (Wildman–Crippen LogP) is 6.05. The Morgan fingerprint density at radius 3 is 2.10 bits per heavy atom. The van der Waals surface area contributed by atoms with Crippen molar-refractivity contribution in [1.29, 1.82) is 0 Å². The number of esters is 2. The van der Waals surface area contributed by atoms with E-state index in [0.717, 1.165) is 11.1 Å². The van der Waals surface area contributed by atoms with Gasteiger partial charge in [0.05, 0.1) is 15.9 Å². The Balaban J connectivity index is 2.02. The van der Waals surface area contributed by atoms with Gasteiger partial charge in [-0.25, -0.2) is 4.39 Å². The second-order valence-corrected chi connectivity index (χ2v) is 8.85. The zero-order valence-electron chi connectivity index (χ0n) is 17.1. The molecule has 1 fully saturated rings. The molecule has 0 unspecified atom stereocenters. The highest BCUT2D eigenvalue weighted by Crippen LogP contribution is 2.53. The zero-order valence-corrected chi connectivity index (χ0v) is 17.9. The molecule has 1 aliphatic heterocycles. The van der Waals surface area contributed by atoms with Crippen LogP contribution in [0, 0.1) is 16.6 Å². The molecule has 0 saturated carbocycles. The van der Waals surface area contributed by atoms with Crippen molar-refractivity contribution in [3.63, 3.8) is 0 Å². The van der Waals surface area contributed by atoms with E-state index in [4.69, 9.17) is 21.1 Å². The SMILES string of the molecule is CCc1cc(Oc2ccc(Cl)c(F)c2)ccc1C1C(C)(C)C(=O)OC(=O)C1(C)C. The summed E-state index contributed by atoms with van der Waals surface area (Å²) < 4.78 is 24.5. The minimum absolute atomic E-state index is 0.0280. The van der Waals surface area contributed by atoms with Gasteiger partial charge in [-0.3, -0.25) is 9.59 Å². The molecule has 1 saturated heterocycles. The summed E-state index contributed by atoms with van der Waals surface area (Å²) in [6, 6.07) is 9.75. The highest BCUT2D eigenvalue weighted by molar-refractivity contribution is 6.30. The van der Waals surface area contributed by atoms with E-state index in [1.165, 1.54) is 12.1 Å². The van der Waals surface area contributed by atoms with Crippen LogP contribution in [0.1, 0.15) is 51.7 Å². The van der Waals surface area contributed by atoms with E-state index in [0.29, 0.717) is 17.9 Å². The Bertz CT molecular complexity index is 955. The van der Waals surface area contributed by atoms with Gasteiger partial charge in [-0.15, -0.1) is 0 Å². The molecule has 3 rings (SSSR count). The van der Waals surface area contributed by atoms with E-state index in [1.54, 1.807) is 39.8 Å². The minimum atomic E-state index is -0.872. The summed E-state index contributed by atoms with van der Waals surface area (Å²) in [4.78, 5) is 24.9. The highest BCUT2D eigenvalue weighted by Gasteiger charge is 2.56. The fraction of sp³-hybridized carbons (Fsp3) is 0.391. The summed E-state index contributed by atoms with van der Waals surface area (Å²) >= 11 is 5.72. The lowest BCUT2D eigenvalue weighted by Crippen LogP contribution is -2.51. The summed E-state index contributed by atoms with van der Waals surface area (Å²) in [6.07, 6.45) is 0.674. The normalized spacial score (nSPS) is 18.4. The van der Waals surface area contributed by atoms with Gasteiger partial charge in [0.25, 0.3) is 0 Å². The van der Waals surface area contributed by atoms with Crippen LogP contribution in [0.3, 0.4) is 0 Å². The van der Waals surface area contributed by atoms with Crippen LogP contribution < -0.4 is 4.74 Å². The number of halogens is 2. The molecule has 4 nitrogen and oxygen atoms in total. The van der Waals surface area contributed by atoms with Crippen LogP contribution in [0.25, 0.3) is 0 Å². The molecule has 0 N–H and O–H groups in total. The van der Waals surface area contributed by atoms with Crippen LogP contribution in [-0.2, 0) is 20.7 Å². The van der Waals surface area contributed by atoms with Gasteiger partial charge in [-0.2, -0.15) is 0 Å². The van der Waals surface area contributed by atoms with Crippen molar-refractivity contribution in [2.75, 3.05) is 0 Å². The molecular weight excluding hydrogens is 395 g/mol. The van der Waals surface area contributed by atoms with E-state index in [1.807, 2.05) is 19.1 Å². The second kappa shape index (κ2) is 7.45. The molecule has 1 heterocycles. The Morgan fingerprint density at radius 1 is 1.00 bits per heavy atom. The number of hydrogen-bond donors (Lipinski definition) is 0. The molecule has 0 atom stereocenters. The molecule has 0 aliphatic carbocycles. The average Bonchev–Trinajstić information content (AvgIpc) is 2.64. The predicted molar refractivity (Wildman–Crippen MR) is 109 cm³/mol. The Hall–Kier alpha value is -2.40. The molecule has 154 valence electrons. The molecule has 6 heteroatoms. The van der Waals surface area contributed by atoms with Crippen molar-refractivity contribution in [3.8, 4) is 11.5 Å². The van der Waals surface area contributed by atoms with Gasteiger partial charge < -0.3 is 9.47 Å². The number of hydrogen-bond acceptors (Lipinski definition) is 4. The molecule has 2 aromatic rings. The number of cyclic esters (lactones) is 2. The van der Waals surface area contributed by atoms with Gasteiger partial charge >= 0.3 is 11.9 Å². The van der Waals surface area contributed by atoms with Crippen LogP contribution in [0.5, 0.6) is 11.5 Å². The molecule has 0 spiro atoms.